The van der Waals surface area contributed by atoms with Gasteiger partial charge in [0, 0.05) is 31.4 Å². The zero-order chi connectivity index (χ0) is 18.4. The zero-order valence-electron chi connectivity index (χ0n) is 14.8. The van der Waals surface area contributed by atoms with Crippen molar-refractivity contribution in [3.63, 3.8) is 0 Å². The summed E-state index contributed by atoms with van der Waals surface area (Å²) in [7, 11) is 6.65. The maximum atomic E-state index is 12.8. The summed E-state index contributed by atoms with van der Waals surface area (Å²) in [5, 5.41) is 0. The van der Waals surface area contributed by atoms with Crippen LogP contribution < -0.4 is 9.47 Å². The third-order valence-electron chi connectivity index (χ3n) is 3.58. The Hall–Kier alpha value is -3.08. The van der Waals surface area contributed by atoms with Gasteiger partial charge < -0.3 is 14.4 Å². The van der Waals surface area contributed by atoms with E-state index in [4.69, 9.17) is 9.47 Å². The topological polar surface area (TPSA) is 55.8 Å². The number of hydrogen-bond acceptors (Lipinski definition) is 5. The number of carbonyl (C=O) groups is 2. The summed E-state index contributed by atoms with van der Waals surface area (Å²) in [6.45, 7) is 0. The van der Waals surface area contributed by atoms with Gasteiger partial charge in [-0.1, -0.05) is 0 Å². The predicted molar refractivity (Wildman–Crippen MR) is 96.4 cm³/mol. The Morgan fingerprint density at radius 2 is 1.12 bits per heavy atom. The number of allylic oxidation sites excluding steroid dienone is 1. The lowest BCUT2D eigenvalue weighted by molar-refractivity contribution is 0.0960. The molecule has 0 bridgehead atoms. The van der Waals surface area contributed by atoms with Gasteiger partial charge in [-0.3, -0.25) is 9.59 Å². The molecule has 130 valence electrons. The molecule has 0 atom stereocenters. The lowest BCUT2D eigenvalue weighted by atomic mass is 9.96. The summed E-state index contributed by atoms with van der Waals surface area (Å²) in [5.41, 5.74) is 0.951. The molecule has 0 aliphatic heterocycles. The summed E-state index contributed by atoms with van der Waals surface area (Å²) in [6.07, 6.45) is 1.54. The predicted octanol–water partition coefficient (Wildman–Crippen LogP) is 3.21. The van der Waals surface area contributed by atoms with E-state index in [1.807, 2.05) is 0 Å². The number of ketones is 2. The first-order chi connectivity index (χ1) is 12.0. The molecule has 5 nitrogen and oxygen atoms in total. The molecule has 0 aliphatic rings. The van der Waals surface area contributed by atoms with E-state index in [0.29, 0.717) is 22.6 Å². The minimum absolute atomic E-state index is 0.0975. The van der Waals surface area contributed by atoms with Crippen molar-refractivity contribution in [2.24, 2.45) is 0 Å². The molecule has 0 saturated heterocycles. The second-order valence-corrected chi connectivity index (χ2v) is 5.62. The molecule has 2 rings (SSSR count). The highest BCUT2D eigenvalue weighted by atomic mass is 16.5. The molecule has 0 unspecified atom stereocenters. The number of Topliss-reactive ketones (excluding diaryl/α,β-unsaturated/α-hetero) is 2. The third-order valence-corrected chi connectivity index (χ3v) is 3.58. The summed E-state index contributed by atoms with van der Waals surface area (Å²) < 4.78 is 10.2. The van der Waals surface area contributed by atoms with Crippen LogP contribution in [0.2, 0.25) is 0 Å². The smallest absolute Gasteiger partial charge is 0.198 e. The van der Waals surface area contributed by atoms with Crippen LogP contribution in [0, 0.1) is 0 Å². The van der Waals surface area contributed by atoms with Crippen LogP contribution in [0.4, 0.5) is 0 Å². The maximum Gasteiger partial charge on any atom is 0.198 e. The summed E-state index contributed by atoms with van der Waals surface area (Å²) in [4.78, 5) is 27.4. The van der Waals surface area contributed by atoms with E-state index in [9.17, 15) is 9.59 Å². The fraction of sp³-hybridized carbons (Fsp3) is 0.200. The van der Waals surface area contributed by atoms with E-state index in [-0.39, 0.29) is 17.1 Å². The van der Waals surface area contributed by atoms with Gasteiger partial charge in [0.15, 0.2) is 11.6 Å². The summed E-state index contributed by atoms with van der Waals surface area (Å²) >= 11 is 0. The SMILES string of the molecule is COc1ccc(C(=O)C(=CN(C)C)C(=O)c2ccc(OC)cc2)cc1. The molecular weight excluding hydrogens is 318 g/mol. The van der Waals surface area contributed by atoms with Crippen molar-refractivity contribution in [2.45, 2.75) is 0 Å². The van der Waals surface area contributed by atoms with Crippen LogP contribution >= 0.6 is 0 Å². The van der Waals surface area contributed by atoms with Crippen molar-refractivity contribution >= 4 is 11.6 Å². The van der Waals surface area contributed by atoms with Crippen LogP contribution in [0.1, 0.15) is 20.7 Å². The Labute approximate surface area is 147 Å². The second-order valence-electron chi connectivity index (χ2n) is 5.62. The fourth-order valence-electron chi connectivity index (χ4n) is 2.27. The van der Waals surface area contributed by atoms with Crippen molar-refractivity contribution in [1.82, 2.24) is 4.90 Å². The monoisotopic (exact) mass is 339 g/mol. The Balaban J connectivity index is 2.37. The van der Waals surface area contributed by atoms with E-state index in [1.54, 1.807) is 87.9 Å². The standard InChI is InChI=1S/C20H21NO4/c1-21(2)13-18(19(22)14-5-9-16(24-3)10-6-14)20(23)15-7-11-17(25-4)12-8-15/h5-13H,1-4H3. The van der Waals surface area contributed by atoms with Gasteiger partial charge in [-0.25, -0.2) is 0 Å². The Kier molecular flexibility index (Phi) is 5.95. The van der Waals surface area contributed by atoms with Crippen LogP contribution in [0.15, 0.2) is 60.3 Å². The highest BCUT2D eigenvalue weighted by Gasteiger charge is 2.22. The molecule has 0 fully saturated rings. The summed E-state index contributed by atoms with van der Waals surface area (Å²) in [6, 6.07) is 13.4. The molecule has 0 amide bonds. The molecule has 0 saturated carbocycles. The van der Waals surface area contributed by atoms with Gasteiger partial charge in [-0.05, 0) is 48.5 Å². The molecule has 25 heavy (non-hydrogen) atoms. The molecule has 5 heteroatoms. The van der Waals surface area contributed by atoms with E-state index < -0.39 is 0 Å². The number of nitrogens with zero attached hydrogens (tertiary/aromatic N) is 1. The van der Waals surface area contributed by atoms with E-state index in [1.165, 1.54) is 0 Å². The second kappa shape index (κ2) is 8.15. The Bertz CT molecular complexity index is 713. The number of ether oxygens (including phenoxy) is 2. The van der Waals surface area contributed by atoms with Crippen LogP contribution in [0.25, 0.3) is 0 Å². The first-order valence-corrected chi connectivity index (χ1v) is 7.72. The van der Waals surface area contributed by atoms with Crippen molar-refractivity contribution in [2.75, 3.05) is 28.3 Å². The molecule has 0 spiro atoms. The third kappa shape index (κ3) is 4.47. The van der Waals surface area contributed by atoms with Gasteiger partial charge in [-0.15, -0.1) is 0 Å². The molecule has 0 radical (unpaired) electrons. The normalized spacial score (nSPS) is 9.92. The highest BCUT2D eigenvalue weighted by Crippen LogP contribution is 2.19. The van der Waals surface area contributed by atoms with Crippen molar-refractivity contribution in [1.29, 1.82) is 0 Å². The Morgan fingerprint density at radius 1 is 0.760 bits per heavy atom. The number of hydrogen-bond donors (Lipinski definition) is 0. The van der Waals surface area contributed by atoms with Gasteiger partial charge in [0.05, 0.1) is 19.8 Å². The number of methoxy groups -OCH3 is 2. The van der Waals surface area contributed by atoms with E-state index >= 15 is 0 Å². The molecule has 2 aromatic carbocycles. The van der Waals surface area contributed by atoms with Crippen LogP contribution in [-0.2, 0) is 0 Å². The summed E-state index contributed by atoms with van der Waals surface area (Å²) in [5.74, 6) is 0.627. The highest BCUT2D eigenvalue weighted by molar-refractivity contribution is 6.30. The minimum atomic E-state index is -0.336. The molecular formula is C20H21NO4. The van der Waals surface area contributed by atoms with Gasteiger partial charge in [0.2, 0.25) is 0 Å². The zero-order valence-corrected chi connectivity index (χ0v) is 14.8. The minimum Gasteiger partial charge on any atom is -0.497 e. The number of carbonyl (C=O) groups excluding carboxylic acids is 2. The van der Waals surface area contributed by atoms with Gasteiger partial charge in [0.25, 0.3) is 0 Å². The molecule has 0 N–H and O–H groups in total. The Morgan fingerprint density at radius 3 is 1.40 bits per heavy atom. The van der Waals surface area contributed by atoms with Crippen molar-refractivity contribution < 1.29 is 19.1 Å². The molecule has 0 heterocycles. The van der Waals surface area contributed by atoms with E-state index in [2.05, 4.69) is 0 Å². The van der Waals surface area contributed by atoms with Gasteiger partial charge in [-0.2, -0.15) is 0 Å². The van der Waals surface area contributed by atoms with Crippen molar-refractivity contribution in [3.05, 3.63) is 71.4 Å². The maximum absolute atomic E-state index is 12.8. The first kappa shape index (κ1) is 18.3. The molecule has 2 aromatic rings. The fourth-order valence-corrected chi connectivity index (χ4v) is 2.27. The van der Waals surface area contributed by atoms with E-state index in [0.717, 1.165) is 0 Å². The average Bonchev–Trinajstić information content (AvgIpc) is 2.65. The largest absolute Gasteiger partial charge is 0.497 e. The average molecular weight is 339 g/mol. The number of rotatable bonds is 7. The van der Waals surface area contributed by atoms with Gasteiger partial charge >= 0.3 is 0 Å². The van der Waals surface area contributed by atoms with Crippen LogP contribution in [0.5, 0.6) is 11.5 Å². The van der Waals surface area contributed by atoms with Gasteiger partial charge in [0.1, 0.15) is 11.5 Å². The lowest BCUT2D eigenvalue weighted by Gasteiger charge is -2.11. The molecule has 0 aliphatic carbocycles. The first-order valence-electron chi connectivity index (χ1n) is 7.72. The lowest BCUT2D eigenvalue weighted by Crippen LogP contribution is -2.17. The quantitative estimate of drug-likeness (QED) is 0.335. The van der Waals surface area contributed by atoms with Crippen LogP contribution in [-0.4, -0.2) is 44.8 Å². The van der Waals surface area contributed by atoms with Crippen LogP contribution in [0.3, 0.4) is 0 Å². The van der Waals surface area contributed by atoms with Crippen molar-refractivity contribution in [3.8, 4) is 11.5 Å². The molecule has 0 aromatic heterocycles. The number of benzene rings is 2.